The van der Waals surface area contributed by atoms with Gasteiger partial charge in [0.25, 0.3) is 0 Å². The summed E-state index contributed by atoms with van der Waals surface area (Å²) in [6.07, 6.45) is 3.54. The fourth-order valence-electron chi connectivity index (χ4n) is 3.83. The second kappa shape index (κ2) is 8.85. The summed E-state index contributed by atoms with van der Waals surface area (Å²) in [6, 6.07) is 20.9. The molecule has 0 aliphatic carbocycles. The van der Waals surface area contributed by atoms with E-state index in [4.69, 9.17) is 11.6 Å². The molecule has 2 heterocycles. The number of imidazole rings is 1. The van der Waals surface area contributed by atoms with Crippen molar-refractivity contribution < 1.29 is 9.18 Å². The molecule has 5 aromatic rings. The molecule has 34 heavy (non-hydrogen) atoms. The average molecular weight is 470 g/mol. The Kier molecular flexibility index (Phi) is 5.58. The Hall–Kier alpha value is -4.41. The molecule has 0 aliphatic heterocycles. The summed E-state index contributed by atoms with van der Waals surface area (Å²) in [5.74, 6) is -0.232. The highest BCUT2D eigenvalue weighted by atomic mass is 35.5. The number of halogens is 2. The van der Waals surface area contributed by atoms with Crippen LogP contribution in [0.15, 0.2) is 72.9 Å². The summed E-state index contributed by atoms with van der Waals surface area (Å²) >= 11 is 5.91. The Morgan fingerprint density at radius 3 is 2.76 bits per heavy atom. The second-order valence-corrected chi connectivity index (χ2v) is 8.14. The van der Waals surface area contributed by atoms with E-state index < -0.39 is 0 Å². The number of anilines is 1. The third-order valence-electron chi connectivity index (χ3n) is 5.38. The van der Waals surface area contributed by atoms with Gasteiger partial charge >= 0.3 is 0 Å². The lowest BCUT2D eigenvalue weighted by atomic mass is 10.1. The third-order valence-corrected chi connectivity index (χ3v) is 5.63. The van der Waals surface area contributed by atoms with E-state index in [1.807, 2.05) is 35.0 Å². The number of amides is 1. The molecule has 2 N–H and O–H groups in total. The molecule has 3 aromatic carbocycles. The number of allylic oxidation sites excluding steroid dienone is 1. The molecule has 0 radical (unpaired) electrons. The number of carbonyl (C=O) groups excluding carboxylic acids is 1. The molecule has 0 saturated heterocycles. The van der Waals surface area contributed by atoms with Crippen LogP contribution in [0.2, 0.25) is 5.02 Å². The Morgan fingerprint density at radius 2 is 1.97 bits per heavy atom. The number of hydrogen-bond donors (Lipinski definition) is 2. The first-order valence-corrected chi connectivity index (χ1v) is 10.8. The number of H-pyrrole nitrogens is 1. The zero-order valence-corrected chi connectivity index (χ0v) is 18.5. The maximum absolute atomic E-state index is 13.5. The van der Waals surface area contributed by atoms with Gasteiger partial charge in [-0.15, -0.1) is 0 Å². The number of carbonyl (C=O) groups is 1. The summed E-state index contributed by atoms with van der Waals surface area (Å²) in [5.41, 5.74) is 3.64. The van der Waals surface area contributed by atoms with Gasteiger partial charge < -0.3 is 14.9 Å². The van der Waals surface area contributed by atoms with E-state index in [9.17, 15) is 14.4 Å². The van der Waals surface area contributed by atoms with Gasteiger partial charge in [-0.2, -0.15) is 5.26 Å². The molecule has 0 fully saturated rings. The van der Waals surface area contributed by atoms with Crippen LogP contribution in [0, 0.1) is 17.1 Å². The Bertz CT molecular complexity index is 1610. The van der Waals surface area contributed by atoms with Crippen molar-refractivity contribution >= 4 is 56.8 Å². The zero-order valence-electron chi connectivity index (χ0n) is 17.7. The van der Waals surface area contributed by atoms with E-state index in [-0.39, 0.29) is 18.3 Å². The number of nitrogens with zero attached hydrogens (tertiary/aromatic N) is 3. The number of para-hydroxylation sites is 1. The number of aromatic amines is 1. The highest BCUT2D eigenvalue weighted by Crippen LogP contribution is 2.26. The monoisotopic (exact) mass is 469 g/mol. The normalized spacial score (nSPS) is 11.6. The van der Waals surface area contributed by atoms with Crippen molar-refractivity contribution in [1.82, 2.24) is 14.5 Å². The highest BCUT2D eigenvalue weighted by Gasteiger charge is 2.13. The van der Waals surface area contributed by atoms with Crippen molar-refractivity contribution in [1.29, 1.82) is 5.26 Å². The quantitative estimate of drug-likeness (QED) is 0.309. The fraction of sp³-hybridized carbons (Fsp3) is 0.0385. The van der Waals surface area contributed by atoms with Crippen molar-refractivity contribution in [3.05, 3.63) is 95.2 Å². The number of nitriles is 1. The van der Waals surface area contributed by atoms with Crippen LogP contribution in [0.4, 0.5) is 10.1 Å². The third kappa shape index (κ3) is 4.27. The van der Waals surface area contributed by atoms with Crippen molar-refractivity contribution in [3.63, 3.8) is 0 Å². The molecule has 166 valence electrons. The van der Waals surface area contributed by atoms with Gasteiger partial charge in [-0.3, -0.25) is 4.79 Å². The molecule has 8 heteroatoms. The first-order valence-electron chi connectivity index (χ1n) is 10.4. The van der Waals surface area contributed by atoms with Gasteiger partial charge in [-0.25, -0.2) is 9.37 Å². The number of hydrogen-bond acceptors (Lipinski definition) is 3. The molecule has 0 atom stereocenters. The molecule has 1 amide bonds. The van der Waals surface area contributed by atoms with Gasteiger partial charge in [0.1, 0.15) is 24.3 Å². The standard InChI is InChI=1S/C26H17ClFN5O/c27-18-5-8-20(9-6-18)30-25(34)15-33-14-17(21-3-1-2-4-24(21)33)11-16(13-29)26-31-22-10-7-19(28)12-23(22)32-26/h1-12,14H,15H2,(H,30,34)(H,31,32)/b16-11-. The van der Waals surface area contributed by atoms with Crippen LogP contribution in [-0.2, 0) is 11.3 Å². The predicted molar refractivity (Wildman–Crippen MR) is 132 cm³/mol. The van der Waals surface area contributed by atoms with Crippen molar-refractivity contribution in [2.45, 2.75) is 6.54 Å². The molecular weight excluding hydrogens is 453 g/mol. The minimum Gasteiger partial charge on any atom is -0.337 e. The summed E-state index contributed by atoms with van der Waals surface area (Å²) < 4.78 is 15.4. The van der Waals surface area contributed by atoms with E-state index in [2.05, 4.69) is 21.4 Å². The summed E-state index contributed by atoms with van der Waals surface area (Å²) in [7, 11) is 0. The van der Waals surface area contributed by atoms with Crippen molar-refractivity contribution in [3.8, 4) is 6.07 Å². The molecule has 0 aliphatic rings. The van der Waals surface area contributed by atoms with Gasteiger partial charge in [0.2, 0.25) is 5.91 Å². The topological polar surface area (TPSA) is 86.5 Å². The van der Waals surface area contributed by atoms with E-state index in [1.54, 1.807) is 36.4 Å². The van der Waals surface area contributed by atoms with E-state index >= 15 is 0 Å². The lowest BCUT2D eigenvalue weighted by molar-refractivity contribution is -0.116. The van der Waals surface area contributed by atoms with Crippen LogP contribution in [0.1, 0.15) is 11.4 Å². The van der Waals surface area contributed by atoms with E-state index in [0.29, 0.717) is 33.1 Å². The second-order valence-electron chi connectivity index (χ2n) is 7.70. The van der Waals surface area contributed by atoms with E-state index in [1.165, 1.54) is 12.1 Å². The summed E-state index contributed by atoms with van der Waals surface area (Å²) in [6.45, 7) is 0.0861. The Labute approximate surface area is 198 Å². The number of benzene rings is 3. The van der Waals surface area contributed by atoms with E-state index in [0.717, 1.165) is 16.5 Å². The number of rotatable bonds is 5. The Morgan fingerprint density at radius 1 is 1.18 bits per heavy atom. The highest BCUT2D eigenvalue weighted by molar-refractivity contribution is 6.30. The molecule has 5 rings (SSSR count). The van der Waals surface area contributed by atoms with Gasteiger partial charge in [-0.1, -0.05) is 29.8 Å². The lowest BCUT2D eigenvalue weighted by Gasteiger charge is -2.07. The summed E-state index contributed by atoms with van der Waals surface area (Å²) in [4.78, 5) is 20.1. The molecule has 6 nitrogen and oxygen atoms in total. The van der Waals surface area contributed by atoms with Crippen molar-refractivity contribution in [2.75, 3.05) is 5.32 Å². The van der Waals surface area contributed by atoms with Crippen LogP contribution in [0.3, 0.4) is 0 Å². The van der Waals surface area contributed by atoms with Crippen LogP contribution in [-0.4, -0.2) is 20.4 Å². The minimum atomic E-state index is -0.384. The minimum absolute atomic E-state index is 0.0861. The van der Waals surface area contributed by atoms with Gasteiger partial charge in [0.15, 0.2) is 0 Å². The van der Waals surface area contributed by atoms with Crippen LogP contribution >= 0.6 is 11.6 Å². The molecule has 0 spiro atoms. The number of nitrogens with one attached hydrogen (secondary N) is 2. The van der Waals surface area contributed by atoms with Gasteiger partial charge in [0.05, 0.1) is 16.6 Å². The smallest absolute Gasteiger partial charge is 0.244 e. The van der Waals surface area contributed by atoms with Crippen LogP contribution in [0.25, 0.3) is 33.6 Å². The average Bonchev–Trinajstić information content (AvgIpc) is 3.40. The zero-order chi connectivity index (χ0) is 23.7. The summed E-state index contributed by atoms with van der Waals surface area (Å²) in [5, 5.41) is 14.1. The Balaban J connectivity index is 1.48. The predicted octanol–water partition coefficient (Wildman–Crippen LogP) is 6.01. The molecule has 2 aromatic heterocycles. The molecule has 0 bridgehead atoms. The van der Waals surface area contributed by atoms with Crippen molar-refractivity contribution in [2.24, 2.45) is 0 Å². The lowest BCUT2D eigenvalue weighted by Crippen LogP contribution is -2.18. The maximum atomic E-state index is 13.5. The van der Waals surface area contributed by atoms with Crippen LogP contribution in [0.5, 0.6) is 0 Å². The van der Waals surface area contributed by atoms with Crippen LogP contribution < -0.4 is 5.32 Å². The molecular formula is C26H17ClFN5O. The first kappa shape index (κ1) is 21.4. The fourth-order valence-corrected chi connectivity index (χ4v) is 3.95. The first-order chi connectivity index (χ1) is 16.5. The number of fused-ring (bicyclic) bond motifs is 2. The van der Waals surface area contributed by atoms with Gasteiger partial charge in [0, 0.05) is 33.4 Å². The largest absolute Gasteiger partial charge is 0.337 e. The maximum Gasteiger partial charge on any atom is 0.244 e. The number of aromatic nitrogens is 3. The van der Waals surface area contributed by atoms with Gasteiger partial charge in [-0.05, 0) is 54.6 Å². The SMILES string of the molecule is N#C/C(=C/c1cn(CC(=O)Nc2ccc(Cl)cc2)c2ccccc12)c1nc2ccc(F)cc2[nH]1. The molecule has 0 saturated carbocycles. The molecule has 0 unspecified atom stereocenters.